The Morgan fingerprint density at radius 2 is 1.57 bits per heavy atom. The number of carbonyl (C=O) groups is 1. The van der Waals surface area contributed by atoms with Crippen molar-refractivity contribution >= 4 is 5.97 Å². The molecule has 4 N–H and O–H groups in total. The van der Waals surface area contributed by atoms with E-state index in [2.05, 4.69) is 20.4 Å². The molecule has 2 aromatic heterocycles. The Morgan fingerprint density at radius 3 is 2.03 bits per heavy atom. The zero-order valence-electron chi connectivity index (χ0n) is 17.2. The first-order valence-corrected chi connectivity index (χ1v) is 9.38. The van der Waals surface area contributed by atoms with Gasteiger partial charge in [0.1, 0.15) is 0 Å². The second kappa shape index (κ2) is 8.76. The van der Waals surface area contributed by atoms with Crippen molar-refractivity contribution in [2.45, 2.75) is 26.7 Å². The monoisotopic (exact) mass is 416 g/mol. The van der Waals surface area contributed by atoms with Crippen LogP contribution in [0.15, 0.2) is 27.8 Å². The third-order valence-electron chi connectivity index (χ3n) is 4.77. The molecule has 0 spiro atoms. The summed E-state index contributed by atoms with van der Waals surface area (Å²) < 4.78 is 15.8. The van der Waals surface area contributed by atoms with Crippen molar-refractivity contribution < 1.29 is 19.0 Å². The van der Waals surface area contributed by atoms with Gasteiger partial charge in [-0.1, -0.05) is 6.07 Å². The smallest absolute Gasteiger partial charge is 0.344 e. The van der Waals surface area contributed by atoms with E-state index in [1.165, 1.54) is 7.11 Å². The maximum absolute atomic E-state index is 12.5. The average Bonchev–Trinajstić information content (AvgIpc) is 3.23. The maximum Gasteiger partial charge on any atom is 0.344 e. The highest BCUT2D eigenvalue weighted by Crippen LogP contribution is 2.36. The number of H-pyrrole nitrogens is 4. The van der Waals surface area contributed by atoms with Crippen LogP contribution in [0.4, 0.5) is 0 Å². The van der Waals surface area contributed by atoms with E-state index in [9.17, 15) is 14.4 Å². The first kappa shape index (κ1) is 21.0. The molecular weight excluding hydrogens is 392 g/mol. The minimum atomic E-state index is -0.650. The lowest BCUT2D eigenvalue weighted by Crippen LogP contribution is -2.20. The lowest BCUT2D eigenvalue weighted by atomic mass is 9.85. The highest BCUT2D eigenvalue weighted by atomic mass is 16.6. The third kappa shape index (κ3) is 4.02. The molecule has 2 heterocycles. The van der Waals surface area contributed by atoms with Crippen LogP contribution in [0.1, 0.15) is 40.9 Å². The Hall–Kier alpha value is -3.69. The number of ether oxygens (including phenoxy) is 3. The quantitative estimate of drug-likeness (QED) is 0.410. The number of carbonyl (C=O) groups excluding carboxylic acids is 1. The second-order valence-corrected chi connectivity index (χ2v) is 6.67. The van der Waals surface area contributed by atoms with Crippen LogP contribution in [0.25, 0.3) is 0 Å². The molecule has 1 aromatic carbocycles. The summed E-state index contributed by atoms with van der Waals surface area (Å²) in [4.78, 5) is 36.6. The predicted molar refractivity (Wildman–Crippen MR) is 108 cm³/mol. The van der Waals surface area contributed by atoms with Gasteiger partial charge in [0.2, 0.25) is 0 Å². The van der Waals surface area contributed by atoms with E-state index in [0.717, 1.165) is 0 Å². The van der Waals surface area contributed by atoms with E-state index < -0.39 is 11.9 Å². The molecule has 0 unspecified atom stereocenters. The van der Waals surface area contributed by atoms with Crippen molar-refractivity contribution in [1.82, 2.24) is 20.4 Å². The molecule has 30 heavy (non-hydrogen) atoms. The van der Waals surface area contributed by atoms with Crippen molar-refractivity contribution in [3.63, 3.8) is 0 Å². The number of esters is 1. The first-order chi connectivity index (χ1) is 14.4. The van der Waals surface area contributed by atoms with E-state index in [1.54, 1.807) is 39.0 Å². The number of hydrogen-bond acceptors (Lipinski definition) is 6. The second-order valence-electron chi connectivity index (χ2n) is 6.67. The summed E-state index contributed by atoms with van der Waals surface area (Å²) in [5.41, 5.74) is 2.09. The minimum absolute atomic E-state index is 0.259. The Kier molecular flexibility index (Phi) is 6.14. The molecule has 3 rings (SSSR count). The third-order valence-corrected chi connectivity index (χ3v) is 4.77. The van der Waals surface area contributed by atoms with Crippen LogP contribution in [-0.2, 0) is 9.53 Å². The van der Waals surface area contributed by atoms with Crippen LogP contribution in [-0.4, -0.2) is 46.7 Å². The molecule has 0 fully saturated rings. The van der Waals surface area contributed by atoms with Gasteiger partial charge in [0.15, 0.2) is 18.1 Å². The molecule has 0 atom stereocenters. The van der Waals surface area contributed by atoms with Gasteiger partial charge in [0.25, 0.3) is 11.1 Å². The molecule has 160 valence electrons. The van der Waals surface area contributed by atoms with E-state index in [1.807, 2.05) is 0 Å². The fourth-order valence-electron chi connectivity index (χ4n) is 3.41. The number of aryl methyl sites for hydroxylation is 2. The topological polar surface area (TPSA) is 142 Å². The van der Waals surface area contributed by atoms with Gasteiger partial charge in [-0.15, -0.1) is 0 Å². The lowest BCUT2D eigenvalue weighted by Gasteiger charge is -2.18. The Balaban J connectivity index is 2.08. The van der Waals surface area contributed by atoms with Gasteiger partial charge in [-0.05, 0) is 38.5 Å². The molecule has 0 aliphatic heterocycles. The summed E-state index contributed by atoms with van der Waals surface area (Å²) in [6.45, 7) is 5.22. The van der Waals surface area contributed by atoms with Crippen molar-refractivity contribution in [3.05, 3.63) is 67.0 Å². The van der Waals surface area contributed by atoms with Gasteiger partial charge in [0, 0.05) is 17.3 Å². The molecule has 0 aliphatic carbocycles. The Bertz CT molecular complexity index is 1100. The molecule has 0 saturated heterocycles. The molecule has 3 aromatic rings. The van der Waals surface area contributed by atoms with Crippen molar-refractivity contribution in [1.29, 1.82) is 0 Å². The van der Waals surface area contributed by atoms with Gasteiger partial charge >= 0.3 is 5.97 Å². The van der Waals surface area contributed by atoms with E-state index in [0.29, 0.717) is 39.6 Å². The molecule has 0 bridgehead atoms. The van der Waals surface area contributed by atoms with Gasteiger partial charge in [-0.3, -0.25) is 19.8 Å². The molecule has 0 amide bonds. The van der Waals surface area contributed by atoms with Crippen LogP contribution in [0, 0.1) is 13.8 Å². The summed E-state index contributed by atoms with van der Waals surface area (Å²) in [5.74, 6) is -0.447. The Labute approximate surface area is 171 Å². The lowest BCUT2D eigenvalue weighted by molar-refractivity contribution is -0.145. The number of methoxy groups -OCH3 is 1. The van der Waals surface area contributed by atoms with Crippen molar-refractivity contribution in [3.8, 4) is 11.5 Å². The predicted octanol–water partition coefficient (Wildman–Crippen LogP) is 1.47. The minimum Gasteiger partial charge on any atom is -0.493 e. The molecule has 0 radical (unpaired) electrons. The SMILES string of the molecule is CCOC(=O)COc1ccc(C(c2c(C)[nH][nH]c2=O)c2c(C)[nH][nH]c2=O)cc1OC. The molecule has 10 nitrogen and oxygen atoms in total. The highest BCUT2D eigenvalue weighted by Gasteiger charge is 2.29. The summed E-state index contributed by atoms with van der Waals surface area (Å²) in [7, 11) is 1.47. The zero-order chi connectivity index (χ0) is 21.8. The molecule has 0 aliphatic rings. The molecular formula is C20H24N4O6. The van der Waals surface area contributed by atoms with E-state index in [-0.39, 0.29) is 24.3 Å². The highest BCUT2D eigenvalue weighted by molar-refractivity contribution is 5.71. The normalized spacial score (nSPS) is 11.0. The number of aromatic amines is 4. The van der Waals surface area contributed by atoms with Crippen molar-refractivity contribution in [2.24, 2.45) is 0 Å². The van der Waals surface area contributed by atoms with Gasteiger partial charge < -0.3 is 24.4 Å². The summed E-state index contributed by atoms with van der Waals surface area (Å²) in [5, 5.41) is 10.7. The van der Waals surface area contributed by atoms with E-state index >= 15 is 0 Å². The van der Waals surface area contributed by atoms with Gasteiger partial charge in [0.05, 0.1) is 24.8 Å². The van der Waals surface area contributed by atoms with Crippen molar-refractivity contribution in [2.75, 3.05) is 20.3 Å². The summed E-state index contributed by atoms with van der Waals surface area (Å²) >= 11 is 0. The number of hydrogen-bond donors (Lipinski definition) is 4. The van der Waals surface area contributed by atoms with Crippen LogP contribution in [0.2, 0.25) is 0 Å². The standard InChI is InChI=1S/C20H24N4O6/c1-5-29-15(25)9-30-13-7-6-12(8-14(13)28-4)18(16-10(2)21-23-19(16)26)17-11(3)22-24-20(17)27/h6-8,18H,5,9H2,1-4H3,(H2,21,23,26)(H2,22,24,27). The van der Waals surface area contributed by atoms with Crippen LogP contribution in [0.5, 0.6) is 11.5 Å². The zero-order valence-corrected chi connectivity index (χ0v) is 17.2. The number of benzene rings is 1. The fourth-order valence-corrected chi connectivity index (χ4v) is 3.41. The maximum atomic E-state index is 12.5. The largest absolute Gasteiger partial charge is 0.493 e. The first-order valence-electron chi connectivity index (χ1n) is 9.38. The number of aromatic nitrogens is 4. The van der Waals surface area contributed by atoms with Crippen LogP contribution < -0.4 is 20.6 Å². The Morgan fingerprint density at radius 1 is 0.967 bits per heavy atom. The van der Waals surface area contributed by atoms with Gasteiger partial charge in [-0.2, -0.15) is 0 Å². The summed E-state index contributed by atoms with van der Waals surface area (Å²) in [6, 6.07) is 5.04. The summed E-state index contributed by atoms with van der Waals surface area (Å²) in [6.07, 6.45) is 0. The van der Waals surface area contributed by atoms with E-state index in [4.69, 9.17) is 14.2 Å². The number of rotatable bonds is 8. The molecule has 10 heteroatoms. The molecule has 0 saturated carbocycles. The number of nitrogens with one attached hydrogen (secondary N) is 4. The average molecular weight is 416 g/mol. The van der Waals surface area contributed by atoms with Crippen LogP contribution in [0.3, 0.4) is 0 Å². The fraction of sp³-hybridized carbons (Fsp3) is 0.350. The van der Waals surface area contributed by atoms with Crippen LogP contribution >= 0.6 is 0 Å². The van der Waals surface area contributed by atoms with Gasteiger partial charge in [-0.25, -0.2) is 4.79 Å².